The number of aromatic nitrogens is 1. The van der Waals surface area contributed by atoms with Crippen molar-refractivity contribution in [2.24, 2.45) is 0 Å². The van der Waals surface area contributed by atoms with Crippen LogP contribution in [0.4, 0.5) is 0 Å². The number of nitrogens with one attached hydrogen (secondary N) is 1. The Hall–Kier alpha value is -1.47. The van der Waals surface area contributed by atoms with E-state index in [1.165, 1.54) is 11.3 Å². The highest BCUT2D eigenvalue weighted by Gasteiger charge is 2.15. The van der Waals surface area contributed by atoms with Crippen molar-refractivity contribution >= 4 is 28.8 Å². The number of nitrogens with zero attached hydrogens (tertiary/aromatic N) is 2. The molecule has 7 heteroatoms. The third-order valence-electron chi connectivity index (χ3n) is 3.64. The molecule has 1 amide bonds. The first kappa shape index (κ1) is 16.4. The van der Waals surface area contributed by atoms with Crippen LogP contribution in [0.5, 0.6) is 0 Å². The highest BCUT2D eigenvalue weighted by molar-refractivity contribution is 7.09. The third-order valence-corrected chi connectivity index (χ3v) is 4.85. The Morgan fingerprint density at radius 1 is 1.35 bits per heavy atom. The largest absolute Gasteiger partial charge is 0.379 e. The van der Waals surface area contributed by atoms with Crippen molar-refractivity contribution in [3.05, 3.63) is 50.9 Å². The molecule has 2 aromatic rings. The van der Waals surface area contributed by atoms with Crippen LogP contribution in [0.1, 0.15) is 21.1 Å². The molecule has 1 N–H and O–H groups in total. The molecule has 23 heavy (non-hydrogen) atoms. The van der Waals surface area contributed by atoms with Crippen molar-refractivity contribution in [2.45, 2.75) is 13.1 Å². The van der Waals surface area contributed by atoms with E-state index in [4.69, 9.17) is 16.3 Å². The standard InChI is InChI=1S/C16H18ClN3O2S/c17-13-4-2-1-3-12(13)9-18-16(21)14-11-23-15(19-14)10-20-5-7-22-8-6-20/h1-4,11H,5-10H2,(H,18,21). The summed E-state index contributed by atoms with van der Waals surface area (Å²) in [7, 11) is 0. The highest BCUT2D eigenvalue weighted by Crippen LogP contribution is 2.16. The van der Waals surface area contributed by atoms with Crippen LogP contribution in [0.15, 0.2) is 29.6 Å². The first-order chi connectivity index (χ1) is 11.2. The SMILES string of the molecule is O=C(NCc1ccccc1Cl)c1csc(CN2CCOCC2)n1. The summed E-state index contributed by atoms with van der Waals surface area (Å²) < 4.78 is 5.33. The minimum absolute atomic E-state index is 0.172. The second kappa shape index (κ2) is 7.88. The smallest absolute Gasteiger partial charge is 0.271 e. The Labute approximate surface area is 144 Å². The molecular weight excluding hydrogens is 334 g/mol. The van der Waals surface area contributed by atoms with E-state index in [2.05, 4.69) is 15.2 Å². The van der Waals surface area contributed by atoms with Crippen molar-refractivity contribution in [3.63, 3.8) is 0 Å². The van der Waals surface area contributed by atoms with Gasteiger partial charge in [0, 0.05) is 30.0 Å². The lowest BCUT2D eigenvalue weighted by Gasteiger charge is -2.25. The van der Waals surface area contributed by atoms with Gasteiger partial charge in [0.1, 0.15) is 10.7 Å². The van der Waals surface area contributed by atoms with E-state index in [1.54, 1.807) is 5.38 Å². The van der Waals surface area contributed by atoms with Gasteiger partial charge in [-0.3, -0.25) is 9.69 Å². The van der Waals surface area contributed by atoms with Gasteiger partial charge in [0.15, 0.2) is 0 Å². The van der Waals surface area contributed by atoms with Crippen LogP contribution in [0.2, 0.25) is 5.02 Å². The Balaban J connectivity index is 1.54. The second-order valence-corrected chi connectivity index (χ2v) is 6.64. The molecule has 0 bridgehead atoms. The number of benzene rings is 1. The van der Waals surface area contributed by atoms with Crippen molar-refractivity contribution in [3.8, 4) is 0 Å². The molecule has 3 rings (SSSR count). The summed E-state index contributed by atoms with van der Waals surface area (Å²) in [5.41, 5.74) is 1.36. The average molecular weight is 352 g/mol. The van der Waals surface area contributed by atoms with E-state index in [0.29, 0.717) is 17.3 Å². The number of amides is 1. The van der Waals surface area contributed by atoms with Gasteiger partial charge in [-0.15, -0.1) is 11.3 Å². The Morgan fingerprint density at radius 3 is 2.91 bits per heavy atom. The fourth-order valence-electron chi connectivity index (χ4n) is 2.35. The van der Waals surface area contributed by atoms with E-state index in [1.807, 2.05) is 24.3 Å². The van der Waals surface area contributed by atoms with Gasteiger partial charge < -0.3 is 10.1 Å². The summed E-state index contributed by atoms with van der Waals surface area (Å²) in [6.07, 6.45) is 0. The van der Waals surface area contributed by atoms with Crippen molar-refractivity contribution < 1.29 is 9.53 Å². The van der Waals surface area contributed by atoms with E-state index in [-0.39, 0.29) is 5.91 Å². The maximum atomic E-state index is 12.2. The van der Waals surface area contributed by atoms with Gasteiger partial charge in [-0.05, 0) is 11.6 Å². The minimum atomic E-state index is -0.172. The normalized spacial score (nSPS) is 15.5. The average Bonchev–Trinajstić information content (AvgIpc) is 3.03. The van der Waals surface area contributed by atoms with Gasteiger partial charge in [0.05, 0.1) is 19.8 Å². The molecule has 0 atom stereocenters. The number of carbonyl (C=O) groups excluding carboxylic acids is 1. The molecule has 1 aromatic carbocycles. The third kappa shape index (κ3) is 4.51. The van der Waals surface area contributed by atoms with Gasteiger partial charge >= 0.3 is 0 Å². The maximum Gasteiger partial charge on any atom is 0.271 e. The summed E-state index contributed by atoms with van der Waals surface area (Å²) in [6, 6.07) is 7.47. The van der Waals surface area contributed by atoms with Crippen LogP contribution < -0.4 is 5.32 Å². The first-order valence-electron chi connectivity index (χ1n) is 7.48. The zero-order valence-corrected chi connectivity index (χ0v) is 14.2. The Bertz CT molecular complexity index is 671. The van der Waals surface area contributed by atoms with E-state index in [0.717, 1.165) is 43.4 Å². The van der Waals surface area contributed by atoms with Crippen molar-refractivity contribution in [1.82, 2.24) is 15.2 Å². The monoisotopic (exact) mass is 351 g/mol. The molecule has 1 saturated heterocycles. The van der Waals surface area contributed by atoms with Crippen LogP contribution in [0.25, 0.3) is 0 Å². The van der Waals surface area contributed by atoms with E-state index < -0.39 is 0 Å². The number of hydrogen-bond donors (Lipinski definition) is 1. The van der Waals surface area contributed by atoms with Crippen LogP contribution >= 0.6 is 22.9 Å². The number of carbonyl (C=O) groups is 1. The number of thiazole rings is 1. The summed E-state index contributed by atoms with van der Waals surface area (Å²) in [6.45, 7) is 4.51. The quantitative estimate of drug-likeness (QED) is 0.899. The van der Waals surface area contributed by atoms with Gasteiger partial charge in [-0.1, -0.05) is 29.8 Å². The minimum Gasteiger partial charge on any atom is -0.379 e. The lowest BCUT2D eigenvalue weighted by Crippen LogP contribution is -2.35. The van der Waals surface area contributed by atoms with Crippen LogP contribution in [-0.4, -0.2) is 42.1 Å². The number of rotatable bonds is 5. The number of ether oxygens (including phenoxy) is 1. The van der Waals surface area contributed by atoms with Crippen LogP contribution in [0, 0.1) is 0 Å². The molecule has 5 nitrogen and oxygen atoms in total. The molecular formula is C16H18ClN3O2S. The van der Waals surface area contributed by atoms with E-state index >= 15 is 0 Å². The molecule has 0 unspecified atom stereocenters. The molecule has 1 aliphatic heterocycles. The lowest BCUT2D eigenvalue weighted by molar-refractivity contribution is 0.0341. The van der Waals surface area contributed by atoms with Crippen molar-refractivity contribution in [1.29, 1.82) is 0 Å². The molecule has 2 heterocycles. The van der Waals surface area contributed by atoms with Crippen LogP contribution in [0.3, 0.4) is 0 Å². The van der Waals surface area contributed by atoms with Crippen LogP contribution in [-0.2, 0) is 17.8 Å². The number of hydrogen-bond acceptors (Lipinski definition) is 5. The molecule has 1 aromatic heterocycles. The number of morpholine rings is 1. The molecule has 0 radical (unpaired) electrons. The second-order valence-electron chi connectivity index (χ2n) is 5.29. The molecule has 0 aliphatic carbocycles. The topological polar surface area (TPSA) is 54.5 Å². The van der Waals surface area contributed by atoms with Gasteiger partial charge in [0.2, 0.25) is 0 Å². The fourth-order valence-corrected chi connectivity index (χ4v) is 3.36. The summed E-state index contributed by atoms with van der Waals surface area (Å²) in [5.74, 6) is -0.172. The zero-order valence-electron chi connectivity index (χ0n) is 12.6. The number of halogens is 1. The summed E-state index contributed by atoms with van der Waals surface area (Å²) in [4.78, 5) is 18.9. The molecule has 122 valence electrons. The first-order valence-corrected chi connectivity index (χ1v) is 8.74. The molecule has 1 fully saturated rings. The van der Waals surface area contributed by atoms with Gasteiger partial charge in [-0.25, -0.2) is 4.98 Å². The zero-order chi connectivity index (χ0) is 16.1. The highest BCUT2D eigenvalue weighted by atomic mass is 35.5. The Kier molecular flexibility index (Phi) is 5.61. The maximum absolute atomic E-state index is 12.2. The summed E-state index contributed by atoms with van der Waals surface area (Å²) in [5, 5.41) is 6.27. The Morgan fingerprint density at radius 2 is 2.13 bits per heavy atom. The molecule has 0 saturated carbocycles. The summed E-state index contributed by atoms with van der Waals surface area (Å²) >= 11 is 7.60. The fraction of sp³-hybridized carbons (Fsp3) is 0.375. The predicted molar refractivity (Wildman–Crippen MR) is 90.8 cm³/mol. The van der Waals surface area contributed by atoms with Gasteiger partial charge in [-0.2, -0.15) is 0 Å². The molecule has 1 aliphatic rings. The van der Waals surface area contributed by atoms with Crippen molar-refractivity contribution in [2.75, 3.05) is 26.3 Å². The predicted octanol–water partition coefficient (Wildman–Crippen LogP) is 2.56. The van der Waals surface area contributed by atoms with Gasteiger partial charge in [0.25, 0.3) is 5.91 Å². The lowest BCUT2D eigenvalue weighted by atomic mass is 10.2. The van der Waals surface area contributed by atoms with E-state index in [9.17, 15) is 4.79 Å². The molecule has 0 spiro atoms.